The van der Waals surface area contributed by atoms with Gasteiger partial charge in [-0.3, -0.25) is 13.9 Å². The summed E-state index contributed by atoms with van der Waals surface area (Å²) in [5.41, 5.74) is 2.56. The third-order valence-electron chi connectivity index (χ3n) is 6.06. The van der Waals surface area contributed by atoms with Crippen molar-refractivity contribution in [2.24, 2.45) is 5.92 Å². The largest absolute Gasteiger partial charge is 0.497 e. The van der Waals surface area contributed by atoms with Crippen LogP contribution in [0.4, 0.5) is 5.69 Å². The van der Waals surface area contributed by atoms with Crippen LogP contribution in [0.1, 0.15) is 51.2 Å². The molecule has 0 heterocycles. The zero-order chi connectivity index (χ0) is 27.6. The van der Waals surface area contributed by atoms with E-state index in [1.165, 1.54) is 4.31 Å². The number of carbonyl (C=O) groups excluding carboxylic acids is 2. The fourth-order valence-electron chi connectivity index (χ4n) is 3.98. The number of methoxy groups -OCH3 is 1. The van der Waals surface area contributed by atoms with E-state index in [4.69, 9.17) is 4.74 Å². The van der Waals surface area contributed by atoms with Crippen molar-refractivity contribution < 1.29 is 22.7 Å². The molecule has 0 spiro atoms. The zero-order valence-corrected chi connectivity index (χ0v) is 23.7. The van der Waals surface area contributed by atoms with E-state index in [9.17, 15) is 18.0 Å². The standard InChI is InChI=1S/C28H41N3O5S/c1-7-26(28(33)29-19-21(2)3)30(20-23-12-10-22(4)11-13-23)27(32)9-8-18-31(37(6,34)35)24-14-16-25(36-5)17-15-24/h10-17,21,26H,7-9,18-20H2,1-6H3,(H,29,33)/t26-/m0/s1. The highest BCUT2D eigenvalue weighted by atomic mass is 32.2. The summed E-state index contributed by atoms with van der Waals surface area (Å²) in [5, 5.41) is 2.96. The molecule has 204 valence electrons. The van der Waals surface area contributed by atoms with Gasteiger partial charge >= 0.3 is 0 Å². The number of benzene rings is 2. The minimum absolute atomic E-state index is 0.113. The first-order chi connectivity index (χ1) is 17.5. The van der Waals surface area contributed by atoms with Crippen molar-refractivity contribution in [2.45, 2.75) is 59.5 Å². The normalized spacial score (nSPS) is 12.2. The van der Waals surface area contributed by atoms with Crippen LogP contribution in [0.15, 0.2) is 48.5 Å². The Morgan fingerprint density at radius 3 is 2.16 bits per heavy atom. The minimum atomic E-state index is -3.55. The molecule has 0 aliphatic carbocycles. The first-order valence-electron chi connectivity index (χ1n) is 12.7. The molecule has 2 amide bonds. The van der Waals surface area contributed by atoms with Crippen molar-refractivity contribution in [2.75, 3.05) is 30.8 Å². The number of hydrogen-bond acceptors (Lipinski definition) is 5. The molecule has 0 saturated heterocycles. The Kier molecular flexibility index (Phi) is 11.4. The van der Waals surface area contributed by atoms with Gasteiger partial charge in [0, 0.05) is 26.1 Å². The maximum absolute atomic E-state index is 13.5. The predicted octanol–water partition coefficient (Wildman–Crippen LogP) is 4.13. The molecule has 0 saturated carbocycles. The summed E-state index contributed by atoms with van der Waals surface area (Å²) in [6.07, 6.45) is 2.05. The number of ether oxygens (including phenoxy) is 1. The van der Waals surface area contributed by atoms with Crippen molar-refractivity contribution >= 4 is 27.5 Å². The van der Waals surface area contributed by atoms with Crippen LogP contribution >= 0.6 is 0 Å². The number of nitrogens with zero attached hydrogens (tertiary/aromatic N) is 2. The van der Waals surface area contributed by atoms with Gasteiger partial charge in [-0.15, -0.1) is 0 Å². The second-order valence-electron chi connectivity index (χ2n) is 9.71. The molecule has 9 heteroatoms. The second kappa shape index (κ2) is 14.0. The van der Waals surface area contributed by atoms with E-state index in [-0.39, 0.29) is 24.8 Å². The Labute approximate surface area is 222 Å². The van der Waals surface area contributed by atoms with Crippen molar-refractivity contribution in [1.29, 1.82) is 0 Å². The van der Waals surface area contributed by atoms with Gasteiger partial charge in [-0.2, -0.15) is 0 Å². The molecule has 1 N–H and O–H groups in total. The van der Waals surface area contributed by atoms with E-state index >= 15 is 0 Å². The van der Waals surface area contributed by atoms with Gasteiger partial charge in [0.25, 0.3) is 0 Å². The molecule has 0 unspecified atom stereocenters. The highest BCUT2D eigenvalue weighted by Gasteiger charge is 2.29. The highest BCUT2D eigenvalue weighted by Crippen LogP contribution is 2.22. The number of anilines is 1. The maximum atomic E-state index is 13.5. The molecule has 2 aromatic rings. The third kappa shape index (κ3) is 9.39. The van der Waals surface area contributed by atoms with Gasteiger partial charge < -0.3 is 15.0 Å². The Morgan fingerprint density at radius 2 is 1.65 bits per heavy atom. The fraction of sp³-hybridized carbons (Fsp3) is 0.500. The molecular formula is C28H41N3O5S. The first-order valence-corrected chi connectivity index (χ1v) is 14.6. The first kappa shape index (κ1) is 30.2. The minimum Gasteiger partial charge on any atom is -0.497 e. The van der Waals surface area contributed by atoms with E-state index in [0.29, 0.717) is 43.3 Å². The van der Waals surface area contributed by atoms with E-state index < -0.39 is 16.1 Å². The van der Waals surface area contributed by atoms with Crippen molar-refractivity contribution in [3.63, 3.8) is 0 Å². The number of amides is 2. The van der Waals surface area contributed by atoms with E-state index in [0.717, 1.165) is 17.4 Å². The maximum Gasteiger partial charge on any atom is 0.242 e. The van der Waals surface area contributed by atoms with E-state index in [2.05, 4.69) is 5.32 Å². The molecule has 0 aliphatic rings. The third-order valence-corrected chi connectivity index (χ3v) is 7.25. The van der Waals surface area contributed by atoms with Crippen LogP contribution in [-0.4, -0.2) is 57.6 Å². The van der Waals surface area contributed by atoms with Crippen LogP contribution < -0.4 is 14.4 Å². The Hall–Kier alpha value is -3.07. The van der Waals surface area contributed by atoms with Gasteiger partial charge in [-0.25, -0.2) is 8.42 Å². The van der Waals surface area contributed by atoms with Gasteiger partial charge in [-0.05, 0) is 55.5 Å². The average molecular weight is 532 g/mol. The summed E-state index contributed by atoms with van der Waals surface area (Å²) >= 11 is 0. The van der Waals surface area contributed by atoms with Gasteiger partial charge in [-0.1, -0.05) is 50.6 Å². The lowest BCUT2D eigenvalue weighted by Gasteiger charge is -2.31. The fourth-order valence-corrected chi connectivity index (χ4v) is 4.95. The Morgan fingerprint density at radius 1 is 1.03 bits per heavy atom. The average Bonchev–Trinajstić information content (AvgIpc) is 2.85. The Balaban J connectivity index is 2.19. The number of sulfonamides is 1. The second-order valence-corrected chi connectivity index (χ2v) is 11.6. The van der Waals surface area contributed by atoms with Gasteiger partial charge in [0.05, 0.1) is 19.1 Å². The lowest BCUT2D eigenvalue weighted by molar-refractivity contribution is -0.141. The van der Waals surface area contributed by atoms with Crippen LogP contribution in [0.25, 0.3) is 0 Å². The zero-order valence-electron chi connectivity index (χ0n) is 22.9. The number of aryl methyl sites for hydroxylation is 1. The molecule has 8 nitrogen and oxygen atoms in total. The van der Waals surface area contributed by atoms with Crippen LogP contribution in [0.3, 0.4) is 0 Å². The summed E-state index contributed by atoms with van der Waals surface area (Å²) in [4.78, 5) is 28.1. The lowest BCUT2D eigenvalue weighted by atomic mass is 10.1. The number of rotatable bonds is 14. The highest BCUT2D eigenvalue weighted by molar-refractivity contribution is 7.92. The van der Waals surface area contributed by atoms with Crippen LogP contribution in [0.2, 0.25) is 0 Å². The topological polar surface area (TPSA) is 96.0 Å². The van der Waals surface area contributed by atoms with Crippen molar-refractivity contribution in [3.8, 4) is 5.75 Å². The summed E-state index contributed by atoms with van der Waals surface area (Å²) in [5.74, 6) is 0.561. The lowest BCUT2D eigenvalue weighted by Crippen LogP contribution is -2.49. The molecule has 0 aromatic heterocycles. The monoisotopic (exact) mass is 531 g/mol. The number of nitrogens with one attached hydrogen (secondary N) is 1. The van der Waals surface area contributed by atoms with Crippen molar-refractivity contribution in [1.82, 2.24) is 10.2 Å². The molecule has 0 aliphatic heterocycles. The van der Waals surface area contributed by atoms with Gasteiger partial charge in [0.1, 0.15) is 11.8 Å². The van der Waals surface area contributed by atoms with Crippen LogP contribution in [0.5, 0.6) is 5.75 Å². The molecule has 37 heavy (non-hydrogen) atoms. The summed E-state index contributed by atoms with van der Waals surface area (Å²) < 4.78 is 31.4. The predicted molar refractivity (Wildman–Crippen MR) is 148 cm³/mol. The van der Waals surface area contributed by atoms with E-state index in [1.54, 1.807) is 36.3 Å². The molecule has 0 fully saturated rings. The van der Waals surface area contributed by atoms with E-state index in [1.807, 2.05) is 52.0 Å². The summed E-state index contributed by atoms with van der Waals surface area (Å²) in [6.45, 7) is 8.92. The van der Waals surface area contributed by atoms with Crippen LogP contribution in [0, 0.1) is 12.8 Å². The quantitative estimate of drug-likeness (QED) is 0.396. The molecule has 0 bridgehead atoms. The van der Waals surface area contributed by atoms with Gasteiger partial charge in [0.15, 0.2) is 0 Å². The smallest absolute Gasteiger partial charge is 0.242 e. The Bertz CT molecular complexity index is 1120. The van der Waals surface area contributed by atoms with Crippen molar-refractivity contribution in [3.05, 3.63) is 59.7 Å². The summed E-state index contributed by atoms with van der Waals surface area (Å²) in [6, 6.07) is 14.0. The van der Waals surface area contributed by atoms with Gasteiger partial charge in [0.2, 0.25) is 21.8 Å². The molecule has 2 rings (SSSR count). The molecular weight excluding hydrogens is 490 g/mol. The molecule has 2 aromatic carbocycles. The molecule has 0 radical (unpaired) electrons. The SMILES string of the molecule is CC[C@@H](C(=O)NCC(C)C)N(Cc1ccc(C)cc1)C(=O)CCCN(c1ccc(OC)cc1)S(C)(=O)=O. The number of carbonyl (C=O) groups is 2. The van der Waals surface area contributed by atoms with Crippen LogP contribution in [-0.2, 0) is 26.2 Å². The summed E-state index contributed by atoms with van der Waals surface area (Å²) in [7, 11) is -2.01. The number of hydrogen-bond donors (Lipinski definition) is 1. The molecule has 1 atom stereocenters.